The molecule has 0 amide bonds. The molecule has 27 heavy (non-hydrogen) atoms. The third kappa shape index (κ3) is 4.77. The number of hydrogen-bond acceptors (Lipinski definition) is 4. The van der Waals surface area contributed by atoms with Gasteiger partial charge in [0.05, 0.1) is 11.0 Å². The highest BCUT2D eigenvalue weighted by atomic mass is 32.1. The predicted octanol–water partition coefficient (Wildman–Crippen LogP) is 4.33. The summed E-state index contributed by atoms with van der Waals surface area (Å²) in [5.41, 5.74) is 0.396. The topological polar surface area (TPSA) is 41.3 Å². The molecule has 1 unspecified atom stereocenters. The summed E-state index contributed by atoms with van der Waals surface area (Å²) in [4.78, 5) is 3.66. The van der Waals surface area contributed by atoms with E-state index in [9.17, 15) is 18.3 Å². The highest BCUT2D eigenvalue weighted by Crippen LogP contribution is 2.34. The van der Waals surface area contributed by atoms with E-state index in [-0.39, 0.29) is 0 Å². The molecule has 2 aromatic heterocycles. The Kier molecular flexibility index (Phi) is 5.69. The predicted molar refractivity (Wildman–Crippen MR) is 99.3 cm³/mol. The highest BCUT2D eigenvalue weighted by molar-refractivity contribution is 7.15. The maximum Gasteiger partial charge on any atom is 0.433 e. The molecule has 0 aliphatic rings. The number of aliphatic hydroxyl groups is 1. The summed E-state index contributed by atoms with van der Waals surface area (Å²) in [5.74, 6) is 0. The second kappa shape index (κ2) is 7.84. The molecule has 0 spiro atoms. The summed E-state index contributed by atoms with van der Waals surface area (Å²) in [7, 11) is 3.19. The molecule has 2 heterocycles. The van der Waals surface area contributed by atoms with Crippen molar-refractivity contribution < 1.29 is 18.3 Å². The quantitative estimate of drug-likeness (QED) is 0.675. The van der Waals surface area contributed by atoms with Crippen LogP contribution >= 0.6 is 11.3 Å². The summed E-state index contributed by atoms with van der Waals surface area (Å²) in [6.45, 7) is 1.05. The van der Waals surface area contributed by atoms with E-state index in [2.05, 4.69) is 5.10 Å². The fourth-order valence-corrected chi connectivity index (χ4v) is 3.90. The van der Waals surface area contributed by atoms with Gasteiger partial charge in [-0.1, -0.05) is 30.3 Å². The van der Waals surface area contributed by atoms with Crippen LogP contribution in [0.4, 0.5) is 13.2 Å². The summed E-state index contributed by atoms with van der Waals surface area (Å²) >= 11 is 1.40. The van der Waals surface area contributed by atoms with Gasteiger partial charge in [-0.25, -0.2) is 0 Å². The van der Waals surface area contributed by atoms with Gasteiger partial charge in [0.15, 0.2) is 0 Å². The third-order valence-electron chi connectivity index (χ3n) is 4.18. The summed E-state index contributed by atoms with van der Waals surface area (Å²) in [5, 5.41) is 14.3. The number of nitrogens with zero attached hydrogens (tertiary/aromatic N) is 3. The minimum atomic E-state index is -4.42. The summed E-state index contributed by atoms with van der Waals surface area (Å²) in [6, 6.07) is 14.1. The van der Waals surface area contributed by atoms with E-state index in [4.69, 9.17) is 0 Å². The second-order valence-corrected chi connectivity index (χ2v) is 7.59. The van der Waals surface area contributed by atoms with Crippen LogP contribution in [0.2, 0.25) is 0 Å². The van der Waals surface area contributed by atoms with E-state index in [0.29, 0.717) is 23.7 Å². The van der Waals surface area contributed by atoms with Crippen LogP contribution in [0.3, 0.4) is 0 Å². The maximum absolute atomic E-state index is 12.9. The lowest BCUT2D eigenvalue weighted by atomic mass is 10.1. The molecule has 144 valence electrons. The van der Waals surface area contributed by atoms with Crippen molar-refractivity contribution in [1.82, 2.24) is 14.7 Å². The van der Waals surface area contributed by atoms with Gasteiger partial charge in [0, 0.05) is 25.0 Å². The van der Waals surface area contributed by atoms with Gasteiger partial charge in [-0.2, -0.15) is 18.3 Å². The number of hydrogen-bond donors (Lipinski definition) is 1. The van der Waals surface area contributed by atoms with Crippen LogP contribution in [0.1, 0.15) is 22.2 Å². The minimum absolute atomic E-state index is 0.313. The number of benzene rings is 1. The molecule has 1 N–H and O–H groups in total. The molecule has 0 radical (unpaired) electrons. The average molecular weight is 395 g/mol. The molecule has 4 nitrogen and oxygen atoms in total. The zero-order valence-corrected chi connectivity index (χ0v) is 15.8. The van der Waals surface area contributed by atoms with E-state index >= 15 is 0 Å². The first kappa shape index (κ1) is 19.6. The first-order valence-electron chi connectivity index (χ1n) is 8.36. The molecular formula is C19H20F3N3OS. The highest BCUT2D eigenvalue weighted by Gasteiger charge is 2.35. The number of halogens is 3. The van der Waals surface area contributed by atoms with Gasteiger partial charge in [0.25, 0.3) is 0 Å². The molecule has 0 bridgehead atoms. The van der Waals surface area contributed by atoms with Gasteiger partial charge in [0.2, 0.25) is 0 Å². The molecule has 0 aliphatic heterocycles. The van der Waals surface area contributed by atoms with Crippen molar-refractivity contribution in [2.45, 2.75) is 18.8 Å². The average Bonchev–Trinajstić information content (AvgIpc) is 3.21. The molecule has 1 atom stereocenters. The SMILES string of the molecule is CN(Cc1ccc(-c2cc(C(F)(F)F)n(C)n2)s1)CC(O)c1ccccc1. The van der Waals surface area contributed by atoms with Crippen LogP contribution in [0, 0.1) is 0 Å². The second-order valence-electron chi connectivity index (χ2n) is 6.43. The molecular weight excluding hydrogens is 375 g/mol. The Labute approximate surface area is 159 Å². The fraction of sp³-hybridized carbons (Fsp3) is 0.316. The number of aryl methyl sites for hydroxylation is 1. The molecule has 8 heteroatoms. The zero-order valence-electron chi connectivity index (χ0n) is 14.9. The van der Waals surface area contributed by atoms with Crippen LogP contribution in [-0.2, 0) is 19.8 Å². The van der Waals surface area contributed by atoms with Crippen molar-refractivity contribution in [3.05, 3.63) is 64.7 Å². The van der Waals surface area contributed by atoms with Crippen molar-refractivity contribution in [2.24, 2.45) is 7.05 Å². The smallest absolute Gasteiger partial charge is 0.387 e. The molecule has 0 fully saturated rings. The van der Waals surface area contributed by atoms with Crippen molar-refractivity contribution in [3.63, 3.8) is 0 Å². The standard InChI is InChI=1S/C19H20F3N3OS/c1-24(12-16(26)13-6-4-3-5-7-13)11-14-8-9-17(27-14)15-10-18(19(20,21)22)25(2)23-15/h3-10,16,26H,11-12H2,1-2H3. The van der Waals surface area contributed by atoms with Gasteiger partial charge < -0.3 is 5.11 Å². The summed E-state index contributed by atoms with van der Waals surface area (Å²) in [6.07, 6.45) is -5.02. The van der Waals surface area contributed by atoms with Crippen molar-refractivity contribution in [2.75, 3.05) is 13.6 Å². The van der Waals surface area contributed by atoms with Gasteiger partial charge in [-0.05, 0) is 30.8 Å². The maximum atomic E-state index is 12.9. The lowest BCUT2D eigenvalue weighted by molar-refractivity contribution is -0.143. The molecule has 3 rings (SSSR count). The number of alkyl halides is 3. The van der Waals surface area contributed by atoms with Crippen molar-refractivity contribution in [1.29, 1.82) is 0 Å². The number of aliphatic hydroxyl groups excluding tert-OH is 1. The minimum Gasteiger partial charge on any atom is -0.387 e. The lowest BCUT2D eigenvalue weighted by Crippen LogP contribution is -2.23. The number of aromatic nitrogens is 2. The fourth-order valence-electron chi connectivity index (χ4n) is 2.86. The number of thiophene rings is 1. The first-order valence-corrected chi connectivity index (χ1v) is 9.17. The molecule has 1 aromatic carbocycles. The Balaban J connectivity index is 1.66. The van der Waals surface area contributed by atoms with Gasteiger partial charge in [0.1, 0.15) is 11.4 Å². The Bertz CT molecular complexity index is 889. The van der Waals surface area contributed by atoms with Crippen molar-refractivity contribution in [3.8, 4) is 10.6 Å². The molecule has 0 saturated carbocycles. The van der Waals surface area contributed by atoms with Gasteiger partial charge in [-0.15, -0.1) is 11.3 Å². The van der Waals surface area contributed by atoms with E-state index in [0.717, 1.165) is 21.2 Å². The molecule has 0 saturated heterocycles. The van der Waals surface area contributed by atoms with Gasteiger partial charge in [-0.3, -0.25) is 9.58 Å². The van der Waals surface area contributed by atoms with E-state index in [1.165, 1.54) is 18.4 Å². The van der Waals surface area contributed by atoms with Crippen LogP contribution < -0.4 is 0 Å². The van der Waals surface area contributed by atoms with E-state index < -0.39 is 18.0 Å². The van der Waals surface area contributed by atoms with Crippen LogP contribution in [0.5, 0.6) is 0 Å². The Morgan fingerprint density at radius 1 is 1.19 bits per heavy atom. The largest absolute Gasteiger partial charge is 0.433 e. The van der Waals surface area contributed by atoms with Crippen LogP contribution in [0.25, 0.3) is 10.6 Å². The molecule has 0 aliphatic carbocycles. The van der Waals surface area contributed by atoms with Crippen LogP contribution in [-0.4, -0.2) is 33.4 Å². The number of rotatable bonds is 6. The summed E-state index contributed by atoms with van der Waals surface area (Å²) < 4.78 is 39.6. The Morgan fingerprint density at radius 3 is 2.52 bits per heavy atom. The third-order valence-corrected chi connectivity index (χ3v) is 5.27. The van der Waals surface area contributed by atoms with E-state index in [1.54, 1.807) is 6.07 Å². The number of likely N-dealkylation sites (N-methyl/N-ethyl adjacent to an activating group) is 1. The molecule has 3 aromatic rings. The van der Waals surface area contributed by atoms with E-state index in [1.807, 2.05) is 48.3 Å². The first-order chi connectivity index (χ1) is 12.7. The Hall–Kier alpha value is -2.16. The monoisotopic (exact) mass is 395 g/mol. The van der Waals surface area contributed by atoms with Crippen LogP contribution in [0.15, 0.2) is 48.5 Å². The lowest BCUT2D eigenvalue weighted by Gasteiger charge is -2.20. The normalized spacial score (nSPS) is 13.3. The van der Waals surface area contributed by atoms with Gasteiger partial charge >= 0.3 is 6.18 Å². The zero-order chi connectivity index (χ0) is 19.6. The van der Waals surface area contributed by atoms with Crippen molar-refractivity contribution >= 4 is 11.3 Å². The Morgan fingerprint density at radius 2 is 1.89 bits per heavy atom.